The maximum atomic E-state index is 12.4. The van der Waals surface area contributed by atoms with Crippen LogP contribution in [0.5, 0.6) is 0 Å². The van der Waals surface area contributed by atoms with E-state index >= 15 is 0 Å². The van der Waals surface area contributed by atoms with Gasteiger partial charge in [-0.1, -0.05) is 18.2 Å². The lowest BCUT2D eigenvalue weighted by atomic mass is 9.82. The molecule has 0 amide bonds. The molecule has 0 unspecified atom stereocenters. The highest BCUT2D eigenvalue weighted by molar-refractivity contribution is 6.08. The predicted molar refractivity (Wildman–Crippen MR) is 78.9 cm³/mol. The van der Waals surface area contributed by atoms with Gasteiger partial charge in [0.15, 0.2) is 5.78 Å². The Labute approximate surface area is 118 Å². The number of ketones is 1. The number of rotatable bonds is 5. The second-order valence-electron chi connectivity index (χ2n) is 5.86. The SMILES string of the molecule is CN(CC(=O)c1c[nH]c2ccccc12)CC1CC(O)C1. The number of para-hydroxylation sites is 1. The number of aromatic amines is 1. The van der Waals surface area contributed by atoms with Gasteiger partial charge in [0.05, 0.1) is 12.6 Å². The number of aliphatic hydroxyl groups excluding tert-OH is 1. The highest BCUT2D eigenvalue weighted by Gasteiger charge is 2.28. The standard InChI is InChI=1S/C16H20N2O2/c1-18(9-11-6-12(19)7-11)10-16(20)14-8-17-15-5-3-2-4-13(14)15/h2-5,8,11-12,17,19H,6-7,9-10H2,1H3. The number of aliphatic hydroxyl groups is 1. The molecule has 1 aliphatic rings. The van der Waals surface area contributed by atoms with Gasteiger partial charge in [0.2, 0.25) is 0 Å². The number of likely N-dealkylation sites (N-methyl/N-ethyl adjacent to an activating group) is 1. The Balaban J connectivity index is 1.64. The number of H-pyrrole nitrogens is 1. The topological polar surface area (TPSA) is 56.3 Å². The Bertz CT molecular complexity index is 614. The number of nitrogens with one attached hydrogen (secondary N) is 1. The van der Waals surface area contributed by atoms with Gasteiger partial charge >= 0.3 is 0 Å². The van der Waals surface area contributed by atoms with E-state index in [1.165, 1.54) is 0 Å². The van der Waals surface area contributed by atoms with E-state index in [2.05, 4.69) is 9.88 Å². The molecule has 106 valence electrons. The van der Waals surface area contributed by atoms with Crippen LogP contribution in [0, 0.1) is 5.92 Å². The summed E-state index contributed by atoms with van der Waals surface area (Å²) in [6.45, 7) is 1.31. The minimum atomic E-state index is -0.127. The van der Waals surface area contributed by atoms with Crippen molar-refractivity contribution in [2.24, 2.45) is 5.92 Å². The molecule has 1 aromatic carbocycles. The summed E-state index contributed by atoms with van der Waals surface area (Å²) in [4.78, 5) is 17.6. The van der Waals surface area contributed by atoms with E-state index in [1.807, 2.05) is 31.3 Å². The van der Waals surface area contributed by atoms with E-state index in [1.54, 1.807) is 6.20 Å². The second kappa shape index (κ2) is 5.38. The lowest BCUT2D eigenvalue weighted by molar-refractivity contribution is 0.0286. The van der Waals surface area contributed by atoms with Crippen LogP contribution in [0.25, 0.3) is 10.9 Å². The van der Waals surface area contributed by atoms with Gasteiger partial charge in [0, 0.05) is 29.2 Å². The Kier molecular flexibility index (Phi) is 3.59. The lowest BCUT2D eigenvalue weighted by Crippen LogP contribution is -2.38. The third-order valence-corrected chi connectivity index (χ3v) is 4.08. The number of nitrogens with zero attached hydrogens (tertiary/aromatic N) is 1. The van der Waals surface area contributed by atoms with E-state index in [9.17, 15) is 9.90 Å². The van der Waals surface area contributed by atoms with Crippen molar-refractivity contribution in [1.82, 2.24) is 9.88 Å². The van der Waals surface area contributed by atoms with Gasteiger partial charge in [-0.15, -0.1) is 0 Å². The molecule has 0 spiro atoms. The predicted octanol–water partition coefficient (Wildman–Crippen LogP) is 2.05. The summed E-state index contributed by atoms with van der Waals surface area (Å²) in [6.07, 6.45) is 3.41. The normalized spacial score (nSPS) is 22.1. The summed E-state index contributed by atoms with van der Waals surface area (Å²) in [6, 6.07) is 7.86. The molecule has 1 fully saturated rings. The molecule has 1 heterocycles. The zero-order valence-electron chi connectivity index (χ0n) is 11.7. The Morgan fingerprint density at radius 3 is 2.90 bits per heavy atom. The number of carbonyl (C=O) groups is 1. The van der Waals surface area contributed by atoms with Gasteiger partial charge in [-0.3, -0.25) is 9.69 Å². The Morgan fingerprint density at radius 1 is 1.40 bits per heavy atom. The average molecular weight is 272 g/mol. The molecular weight excluding hydrogens is 252 g/mol. The van der Waals surface area contributed by atoms with Gasteiger partial charge in [-0.05, 0) is 31.9 Å². The first kappa shape index (κ1) is 13.3. The van der Waals surface area contributed by atoms with Crippen LogP contribution < -0.4 is 0 Å². The van der Waals surface area contributed by atoms with Crippen LogP contribution >= 0.6 is 0 Å². The average Bonchev–Trinajstić information content (AvgIpc) is 2.80. The number of fused-ring (bicyclic) bond motifs is 1. The Hall–Kier alpha value is -1.65. The van der Waals surface area contributed by atoms with Crippen LogP contribution in [0.15, 0.2) is 30.5 Å². The van der Waals surface area contributed by atoms with Crippen LogP contribution in [-0.2, 0) is 0 Å². The minimum Gasteiger partial charge on any atom is -0.393 e. The largest absolute Gasteiger partial charge is 0.393 e. The second-order valence-corrected chi connectivity index (χ2v) is 5.86. The van der Waals surface area contributed by atoms with Gasteiger partial charge in [-0.25, -0.2) is 0 Å². The van der Waals surface area contributed by atoms with Crippen molar-refractivity contribution in [2.45, 2.75) is 18.9 Å². The third kappa shape index (κ3) is 2.62. The van der Waals surface area contributed by atoms with E-state index in [-0.39, 0.29) is 11.9 Å². The smallest absolute Gasteiger partial charge is 0.178 e. The molecular formula is C16H20N2O2. The molecule has 1 aliphatic carbocycles. The minimum absolute atomic E-state index is 0.127. The van der Waals surface area contributed by atoms with Crippen molar-refractivity contribution in [2.75, 3.05) is 20.1 Å². The van der Waals surface area contributed by atoms with Crippen molar-refractivity contribution < 1.29 is 9.90 Å². The van der Waals surface area contributed by atoms with Gasteiger partial charge < -0.3 is 10.1 Å². The third-order valence-electron chi connectivity index (χ3n) is 4.08. The van der Waals surface area contributed by atoms with Gasteiger partial charge in [-0.2, -0.15) is 0 Å². The molecule has 0 bridgehead atoms. The quantitative estimate of drug-likeness (QED) is 0.819. The van der Waals surface area contributed by atoms with Crippen molar-refractivity contribution in [3.8, 4) is 0 Å². The van der Waals surface area contributed by atoms with Crippen molar-refractivity contribution >= 4 is 16.7 Å². The fourth-order valence-electron chi connectivity index (χ4n) is 2.99. The number of aromatic nitrogens is 1. The number of carbonyl (C=O) groups excluding carboxylic acids is 1. The number of hydrogen-bond acceptors (Lipinski definition) is 3. The zero-order chi connectivity index (χ0) is 14.1. The van der Waals surface area contributed by atoms with Crippen LogP contribution in [0.4, 0.5) is 0 Å². The highest BCUT2D eigenvalue weighted by Crippen LogP contribution is 2.27. The summed E-state index contributed by atoms with van der Waals surface area (Å²) >= 11 is 0. The molecule has 0 saturated heterocycles. The first-order chi connectivity index (χ1) is 9.63. The molecule has 0 atom stereocenters. The van der Waals surface area contributed by atoms with E-state index in [0.29, 0.717) is 12.5 Å². The zero-order valence-corrected chi connectivity index (χ0v) is 11.7. The molecule has 1 aromatic heterocycles. The summed E-state index contributed by atoms with van der Waals surface area (Å²) in [5, 5.41) is 10.3. The lowest BCUT2D eigenvalue weighted by Gasteiger charge is -2.34. The summed E-state index contributed by atoms with van der Waals surface area (Å²) in [5.41, 5.74) is 1.77. The molecule has 3 rings (SSSR count). The maximum Gasteiger partial charge on any atom is 0.178 e. The molecule has 0 radical (unpaired) electrons. The van der Waals surface area contributed by atoms with Gasteiger partial charge in [0.25, 0.3) is 0 Å². The van der Waals surface area contributed by atoms with Crippen molar-refractivity contribution in [3.63, 3.8) is 0 Å². The van der Waals surface area contributed by atoms with Crippen molar-refractivity contribution in [1.29, 1.82) is 0 Å². The number of hydrogen-bond donors (Lipinski definition) is 2. The fourth-order valence-corrected chi connectivity index (χ4v) is 2.99. The molecule has 20 heavy (non-hydrogen) atoms. The molecule has 4 heteroatoms. The summed E-state index contributed by atoms with van der Waals surface area (Å²) < 4.78 is 0. The van der Waals surface area contributed by atoms with E-state index < -0.39 is 0 Å². The highest BCUT2D eigenvalue weighted by atomic mass is 16.3. The van der Waals surface area contributed by atoms with Crippen LogP contribution in [0.1, 0.15) is 23.2 Å². The van der Waals surface area contributed by atoms with E-state index in [4.69, 9.17) is 0 Å². The van der Waals surface area contributed by atoms with Crippen LogP contribution in [0.2, 0.25) is 0 Å². The molecule has 1 saturated carbocycles. The van der Waals surface area contributed by atoms with Crippen LogP contribution in [-0.4, -0.2) is 47.0 Å². The Morgan fingerprint density at radius 2 is 2.15 bits per heavy atom. The van der Waals surface area contributed by atoms with Crippen molar-refractivity contribution in [3.05, 3.63) is 36.0 Å². The fraction of sp³-hybridized carbons (Fsp3) is 0.438. The first-order valence-corrected chi connectivity index (χ1v) is 7.09. The van der Waals surface area contributed by atoms with E-state index in [0.717, 1.165) is 35.9 Å². The number of Topliss-reactive ketones (excluding diaryl/α,β-unsaturated/α-hetero) is 1. The molecule has 2 aromatic rings. The monoisotopic (exact) mass is 272 g/mol. The first-order valence-electron chi connectivity index (χ1n) is 7.09. The molecule has 2 N–H and O–H groups in total. The molecule has 4 nitrogen and oxygen atoms in total. The maximum absolute atomic E-state index is 12.4. The summed E-state index contributed by atoms with van der Waals surface area (Å²) in [5.74, 6) is 0.676. The number of benzene rings is 1. The van der Waals surface area contributed by atoms with Gasteiger partial charge in [0.1, 0.15) is 0 Å². The van der Waals surface area contributed by atoms with Crippen LogP contribution in [0.3, 0.4) is 0 Å². The molecule has 0 aliphatic heterocycles. The summed E-state index contributed by atoms with van der Waals surface area (Å²) in [7, 11) is 1.97.